The Morgan fingerprint density at radius 2 is 2.06 bits per heavy atom. The van der Waals surface area contributed by atoms with Gasteiger partial charge in [0.25, 0.3) is 0 Å². The zero-order valence-corrected chi connectivity index (χ0v) is 11.7. The summed E-state index contributed by atoms with van der Waals surface area (Å²) < 4.78 is 0. The van der Waals surface area contributed by atoms with Crippen LogP contribution in [0.15, 0.2) is 12.1 Å². The van der Waals surface area contributed by atoms with Crippen molar-refractivity contribution >= 4 is 11.3 Å². The maximum atomic E-state index is 8.68. The van der Waals surface area contributed by atoms with Crippen molar-refractivity contribution in [1.82, 2.24) is 9.80 Å². The van der Waals surface area contributed by atoms with E-state index in [0.29, 0.717) is 6.42 Å². The summed E-state index contributed by atoms with van der Waals surface area (Å²) in [4.78, 5) is 7.36. The molecule has 4 heteroatoms. The van der Waals surface area contributed by atoms with E-state index in [1.807, 2.05) is 0 Å². The Bertz CT molecular complexity index is 424. The van der Waals surface area contributed by atoms with E-state index in [1.54, 1.807) is 11.3 Å². The van der Waals surface area contributed by atoms with Crippen molar-refractivity contribution in [2.45, 2.75) is 13.0 Å². The summed E-state index contributed by atoms with van der Waals surface area (Å²) in [6.07, 6.45) is 0.561. The summed E-state index contributed by atoms with van der Waals surface area (Å²) in [7, 11) is 2.18. The summed E-state index contributed by atoms with van der Waals surface area (Å²) in [5.41, 5.74) is 0. The molecule has 0 amide bonds. The van der Waals surface area contributed by atoms with Gasteiger partial charge >= 0.3 is 0 Å². The Hall–Kier alpha value is -0.860. The highest BCUT2D eigenvalue weighted by molar-refractivity contribution is 7.12. The van der Waals surface area contributed by atoms with Gasteiger partial charge in [0.1, 0.15) is 0 Å². The zero-order chi connectivity index (χ0) is 12.8. The van der Waals surface area contributed by atoms with Crippen LogP contribution in [0.25, 0.3) is 0 Å². The van der Waals surface area contributed by atoms with Crippen molar-refractivity contribution in [3.05, 3.63) is 21.9 Å². The zero-order valence-electron chi connectivity index (χ0n) is 10.9. The van der Waals surface area contributed by atoms with Gasteiger partial charge < -0.3 is 10.0 Å². The highest BCUT2D eigenvalue weighted by atomic mass is 32.1. The first-order valence-electron chi connectivity index (χ1n) is 6.37. The van der Waals surface area contributed by atoms with Crippen LogP contribution in [0.5, 0.6) is 0 Å². The monoisotopic (exact) mass is 264 g/mol. The minimum absolute atomic E-state index is 0.145. The van der Waals surface area contributed by atoms with E-state index in [9.17, 15) is 0 Å². The fourth-order valence-electron chi connectivity index (χ4n) is 1.96. The molecule has 0 atom stereocenters. The van der Waals surface area contributed by atoms with E-state index in [0.717, 1.165) is 37.6 Å². The number of aliphatic hydroxyl groups is 1. The molecule has 0 radical (unpaired) electrons. The molecule has 0 aromatic carbocycles. The fraction of sp³-hybridized carbons (Fsp3) is 0.571. The van der Waals surface area contributed by atoms with Crippen molar-refractivity contribution in [1.29, 1.82) is 0 Å². The van der Waals surface area contributed by atoms with Gasteiger partial charge in [-0.1, -0.05) is 11.8 Å². The van der Waals surface area contributed by atoms with Crippen LogP contribution in [0.1, 0.15) is 16.2 Å². The van der Waals surface area contributed by atoms with Crippen molar-refractivity contribution in [2.24, 2.45) is 0 Å². The molecule has 2 heterocycles. The molecule has 1 saturated heterocycles. The molecule has 18 heavy (non-hydrogen) atoms. The minimum Gasteiger partial charge on any atom is -0.395 e. The average Bonchev–Trinajstić information content (AvgIpc) is 2.80. The third-order valence-corrected chi connectivity index (χ3v) is 4.07. The lowest BCUT2D eigenvalue weighted by Gasteiger charge is -2.31. The van der Waals surface area contributed by atoms with Gasteiger partial charge in [0, 0.05) is 44.0 Å². The highest BCUT2D eigenvalue weighted by Crippen LogP contribution is 2.18. The topological polar surface area (TPSA) is 26.7 Å². The second-order valence-electron chi connectivity index (χ2n) is 4.62. The van der Waals surface area contributed by atoms with Gasteiger partial charge in [-0.15, -0.1) is 11.3 Å². The molecule has 1 aliphatic rings. The van der Waals surface area contributed by atoms with E-state index in [4.69, 9.17) is 5.11 Å². The molecule has 0 saturated carbocycles. The third-order valence-electron chi connectivity index (χ3n) is 3.09. The van der Waals surface area contributed by atoms with Gasteiger partial charge in [0.15, 0.2) is 0 Å². The maximum absolute atomic E-state index is 8.68. The van der Waals surface area contributed by atoms with E-state index in [-0.39, 0.29) is 6.61 Å². The molecular formula is C14H20N2OS. The van der Waals surface area contributed by atoms with Crippen LogP contribution in [0.3, 0.4) is 0 Å². The van der Waals surface area contributed by atoms with Crippen LogP contribution < -0.4 is 0 Å². The first kappa shape index (κ1) is 13.6. The molecular weight excluding hydrogens is 244 g/mol. The number of nitrogens with zero attached hydrogens (tertiary/aromatic N) is 2. The minimum atomic E-state index is 0.145. The van der Waals surface area contributed by atoms with Crippen LogP contribution >= 0.6 is 11.3 Å². The summed E-state index contributed by atoms with van der Waals surface area (Å²) in [5.74, 6) is 6.06. The number of likely N-dealkylation sites (N-methyl/N-ethyl adjacent to an activating group) is 1. The predicted octanol–water partition coefficient (Wildman–Crippen LogP) is 1.23. The molecule has 2 rings (SSSR count). The normalized spacial score (nSPS) is 17.4. The second-order valence-corrected chi connectivity index (χ2v) is 5.79. The van der Waals surface area contributed by atoms with E-state index in [1.165, 1.54) is 4.88 Å². The Morgan fingerprint density at radius 3 is 2.78 bits per heavy atom. The fourth-order valence-corrected chi connectivity index (χ4v) is 2.89. The maximum Gasteiger partial charge on any atom is 0.0771 e. The molecule has 98 valence electrons. The van der Waals surface area contributed by atoms with Gasteiger partial charge in [-0.2, -0.15) is 0 Å². The van der Waals surface area contributed by atoms with E-state index < -0.39 is 0 Å². The standard InChI is InChI=1S/C14H20N2OS/c1-15-7-9-16(10-8-15)12-14-6-5-13(18-14)4-2-3-11-17/h5-6,17H,3,7-12H2,1H3. The molecule has 1 fully saturated rings. The molecule has 0 unspecified atom stereocenters. The summed E-state index contributed by atoms with van der Waals surface area (Å²) in [5, 5.41) is 8.68. The molecule has 0 bridgehead atoms. The largest absolute Gasteiger partial charge is 0.395 e. The van der Waals surface area contributed by atoms with Crippen LogP contribution in [0, 0.1) is 11.8 Å². The molecule has 1 N–H and O–H groups in total. The number of thiophene rings is 1. The molecule has 0 spiro atoms. The van der Waals surface area contributed by atoms with Crippen molar-refractivity contribution < 1.29 is 5.11 Å². The van der Waals surface area contributed by atoms with Crippen molar-refractivity contribution in [3.8, 4) is 11.8 Å². The Kier molecular flexibility index (Phi) is 5.21. The third kappa shape index (κ3) is 4.11. The number of aliphatic hydroxyl groups excluding tert-OH is 1. The smallest absolute Gasteiger partial charge is 0.0771 e. The Balaban J connectivity index is 1.85. The summed E-state index contributed by atoms with van der Waals surface area (Å²) in [6, 6.07) is 4.26. The van der Waals surface area contributed by atoms with Gasteiger partial charge in [0.2, 0.25) is 0 Å². The van der Waals surface area contributed by atoms with Gasteiger partial charge in [-0.25, -0.2) is 0 Å². The molecule has 3 nitrogen and oxygen atoms in total. The highest BCUT2D eigenvalue weighted by Gasteiger charge is 2.14. The van der Waals surface area contributed by atoms with Crippen molar-refractivity contribution in [2.75, 3.05) is 39.8 Å². The van der Waals surface area contributed by atoms with Gasteiger partial charge in [-0.3, -0.25) is 4.90 Å². The first-order chi connectivity index (χ1) is 8.78. The lowest BCUT2D eigenvalue weighted by atomic mass is 10.3. The van der Waals surface area contributed by atoms with Crippen LogP contribution in [-0.2, 0) is 6.54 Å². The summed E-state index contributed by atoms with van der Waals surface area (Å²) >= 11 is 1.77. The first-order valence-corrected chi connectivity index (χ1v) is 7.19. The molecule has 1 aromatic heterocycles. The Morgan fingerprint density at radius 1 is 1.28 bits per heavy atom. The van der Waals surface area contributed by atoms with Gasteiger partial charge in [-0.05, 0) is 19.2 Å². The quantitative estimate of drug-likeness (QED) is 0.832. The van der Waals surface area contributed by atoms with Crippen LogP contribution in [0.2, 0.25) is 0 Å². The SMILES string of the molecule is CN1CCN(Cc2ccc(C#CCCO)s2)CC1. The lowest BCUT2D eigenvalue weighted by Crippen LogP contribution is -2.43. The Labute approximate surface area is 113 Å². The summed E-state index contributed by atoms with van der Waals surface area (Å²) in [6.45, 7) is 5.82. The van der Waals surface area contributed by atoms with Crippen LogP contribution in [-0.4, -0.2) is 54.7 Å². The molecule has 1 aromatic rings. The predicted molar refractivity (Wildman–Crippen MR) is 75.7 cm³/mol. The lowest BCUT2D eigenvalue weighted by molar-refractivity contribution is 0.149. The number of rotatable bonds is 3. The molecule has 0 aliphatic carbocycles. The van der Waals surface area contributed by atoms with Crippen LogP contribution in [0.4, 0.5) is 0 Å². The van der Waals surface area contributed by atoms with E-state index in [2.05, 4.69) is 40.8 Å². The number of piperazine rings is 1. The van der Waals surface area contributed by atoms with Crippen molar-refractivity contribution in [3.63, 3.8) is 0 Å². The number of hydrogen-bond donors (Lipinski definition) is 1. The van der Waals surface area contributed by atoms with E-state index >= 15 is 0 Å². The average molecular weight is 264 g/mol. The number of hydrogen-bond acceptors (Lipinski definition) is 4. The molecule has 1 aliphatic heterocycles. The second kappa shape index (κ2) is 6.91. The van der Waals surface area contributed by atoms with Gasteiger partial charge in [0.05, 0.1) is 11.5 Å².